The van der Waals surface area contributed by atoms with Crippen LogP contribution in [0.2, 0.25) is 30.1 Å². The highest BCUT2D eigenvalue weighted by atomic mass is 79.9. The van der Waals surface area contributed by atoms with E-state index in [2.05, 4.69) is 31.9 Å². The molecule has 1 nitrogen and oxygen atoms in total. The van der Waals surface area contributed by atoms with Gasteiger partial charge in [0, 0.05) is 21.8 Å². The quantitative estimate of drug-likeness (QED) is 0.203. The third-order valence-corrected chi connectivity index (χ3v) is 7.01. The van der Waals surface area contributed by atoms with Crippen molar-refractivity contribution in [3.05, 3.63) is 64.5 Å². The highest BCUT2D eigenvalue weighted by Crippen LogP contribution is 2.40. The predicted molar refractivity (Wildman–Crippen MR) is 112 cm³/mol. The van der Waals surface area contributed by atoms with Gasteiger partial charge in [0.15, 0.2) is 5.78 Å². The van der Waals surface area contributed by atoms with Gasteiger partial charge in [-0.3, -0.25) is 4.79 Å². The molecule has 128 valence electrons. The van der Waals surface area contributed by atoms with Crippen molar-refractivity contribution in [2.24, 2.45) is 0 Å². The molecule has 2 aromatic carbocycles. The third kappa shape index (κ3) is 3.89. The first kappa shape index (κ1) is 21.1. The van der Waals surface area contributed by atoms with Gasteiger partial charge in [0.1, 0.15) is 0 Å². The van der Waals surface area contributed by atoms with E-state index < -0.39 is 0 Å². The molecule has 24 heavy (non-hydrogen) atoms. The highest BCUT2D eigenvalue weighted by molar-refractivity contribution is 9.08. The second kappa shape index (κ2) is 8.67. The summed E-state index contributed by atoms with van der Waals surface area (Å²) in [5.74, 6) is -0.333. The number of carbonyl (C=O) groups excluding carboxylic acids is 1. The minimum Gasteiger partial charge on any atom is -0.289 e. The molecule has 0 aromatic heterocycles. The summed E-state index contributed by atoms with van der Waals surface area (Å²) in [6.45, 7) is 0. The normalized spacial score (nSPS) is 11.0. The van der Waals surface area contributed by atoms with Crippen molar-refractivity contribution in [1.29, 1.82) is 0 Å². The molecule has 9 heteroatoms. The van der Waals surface area contributed by atoms with Gasteiger partial charge in [-0.05, 0) is 23.3 Å². The number of rotatable bonds is 4. The molecule has 0 spiro atoms. The molecule has 0 radical (unpaired) electrons. The maximum absolute atomic E-state index is 13.1. The van der Waals surface area contributed by atoms with Crippen LogP contribution in [0, 0.1) is 0 Å². The SMILES string of the molecule is O=C(c1cc(Cl)c(Cl)c(Cl)c1CBr)c1cc(Cl)c(Cl)c(Cl)c1CBr. The van der Waals surface area contributed by atoms with Crippen LogP contribution in [-0.2, 0) is 10.7 Å². The van der Waals surface area contributed by atoms with Gasteiger partial charge in [0.25, 0.3) is 0 Å². The number of benzene rings is 2. The average molecular weight is 575 g/mol. The van der Waals surface area contributed by atoms with Crippen molar-refractivity contribution in [2.75, 3.05) is 0 Å². The van der Waals surface area contributed by atoms with E-state index in [-0.39, 0.29) is 35.9 Å². The van der Waals surface area contributed by atoms with Crippen LogP contribution < -0.4 is 0 Å². The first-order valence-electron chi connectivity index (χ1n) is 6.23. The first-order chi connectivity index (χ1) is 11.2. The lowest BCUT2D eigenvalue weighted by Crippen LogP contribution is -2.09. The smallest absolute Gasteiger partial charge is 0.193 e. The zero-order valence-electron chi connectivity index (χ0n) is 11.5. The summed E-state index contributed by atoms with van der Waals surface area (Å²) in [7, 11) is 0. The van der Waals surface area contributed by atoms with Gasteiger partial charge in [-0.25, -0.2) is 0 Å². The summed E-state index contributed by atoms with van der Waals surface area (Å²) in [5.41, 5.74) is 1.67. The fourth-order valence-electron chi connectivity index (χ4n) is 2.08. The van der Waals surface area contributed by atoms with Crippen LogP contribution >= 0.6 is 101 Å². The van der Waals surface area contributed by atoms with Gasteiger partial charge >= 0.3 is 0 Å². The van der Waals surface area contributed by atoms with Crippen LogP contribution in [0.1, 0.15) is 27.0 Å². The fourth-order valence-corrected chi connectivity index (χ4v) is 4.95. The topological polar surface area (TPSA) is 17.1 Å². The van der Waals surface area contributed by atoms with Gasteiger partial charge in [-0.15, -0.1) is 0 Å². The lowest BCUT2D eigenvalue weighted by Gasteiger charge is -2.15. The Morgan fingerprint density at radius 3 is 1.33 bits per heavy atom. The number of halogens is 8. The summed E-state index contributed by atoms with van der Waals surface area (Å²) in [4.78, 5) is 13.1. The highest BCUT2D eigenvalue weighted by Gasteiger charge is 2.24. The van der Waals surface area contributed by atoms with Crippen molar-refractivity contribution >= 4 is 107 Å². The molecule has 0 bridgehead atoms. The second-order valence-electron chi connectivity index (χ2n) is 4.62. The zero-order valence-corrected chi connectivity index (χ0v) is 19.2. The maximum Gasteiger partial charge on any atom is 0.193 e. The van der Waals surface area contributed by atoms with E-state index in [1.54, 1.807) is 0 Å². The molecule has 0 aliphatic heterocycles. The fraction of sp³-hybridized carbons (Fsp3) is 0.133. The van der Waals surface area contributed by atoms with E-state index in [1.807, 2.05) is 0 Å². The van der Waals surface area contributed by atoms with Gasteiger partial charge in [-0.2, -0.15) is 0 Å². The van der Waals surface area contributed by atoms with Crippen LogP contribution in [-0.4, -0.2) is 5.78 Å². The molecule has 0 heterocycles. The van der Waals surface area contributed by atoms with Crippen LogP contribution in [0.15, 0.2) is 12.1 Å². The van der Waals surface area contributed by atoms with Crippen molar-refractivity contribution in [2.45, 2.75) is 10.7 Å². The van der Waals surface area contributed by atoms with Crippen molar-refractivity contribution in [1.82, 2.24) is 0 Å². The first-order valence-corrected chi connectivity index (χ1v) is 10.7. The molecule has 2 aromatic rings. The summed E-state index contributed by atoms with van der Waals surface area (Å²) < 4.78 is 0. The molecule has 0 aliphatic carbocycles. The molecule has 0 atom stereocenters. The molecule has 0 amide bonds. The average Bonchev–Trinajstić information content (AvgIpc) is 2.56. The number of ketones is 1. The van der Waals surface area contributed by atoms with Crippen LogP contribution in [0.3, 0.4) is 0 Å². The van der Waals surface area contributed by atoms with E-state index >= 15 is 0 Å². The van der Waals surface area contributed by atoms with Gasteiger partial charge in [0.2, 0.25) is 0 Å². The summed E-state index contributed by atoms with van der Waals surface area (Å²) >= 11 is 43.3. The Morgan fingerprint density at radius 2 is 1.04 bits per heavy atom. The predicted octanol–water partition coefficient (Wildman–Crippen LogP) is 8.63. The Morgan fingerprint density at radius 1 is 0.708 bits per heavy atom. The Bertz CT molecular complexity index is 770. The van der Waals surface area contributed by atoms with Crippen LogP contribution in [0.5, 0.6) is 0 Å². The molecular weight excluding hydrogens is 569 g/mol. The third-order valence-electron chi connectivity index (χ3n) is 3.28. The molecule has 0 saturated heterocycles. The van der Waals surface area contributed by atoms with Crippen molar-refractivity contribution < 1.29 is 4.79 Å². The van der Waals surface area contributed by atoms with E-state index in [0.29, 0.717) is 32.9 Å². The zero-order chi connectivity index (χ0) is 18.2. The Hall–Kier alpha value is 0.810. The number of hydrogen-bond acceptors (Lipinski definition) is 1. The lowest BCUT2D eigenvalue weighted by molar-refractivity contribution is 0.103. The van der Waals surface area contributed by atoms with E-state index in [4.69, 9.17) is 69.6 Å². The standard InChI is InChI=1S/C15H6Br2Cl6O/c16-3-7-5(1-9(18)13(22)11(7)20)15(24)6-2-10(19)14(23)12(21)8(6)4-17/h1-2H,3-4H2. The van der Waals surface area contributed by atoms with Gasteiger partial charge in [0.05, 0.1) is 30.1 Å². The molecule has 0 fully saturated rings. The molecule has 2 rings (SSSR count). The van der Waals surface area contributed by atoms with Crippen LogP contribution in [0.4, 0.5) is 0 Å². The number of carbonyl (C=O) groups is 1. The van der Waals surface area contributed by atoms with E-state index in [9.17, 15) is 4.79 Å². The minimum atomic E-state index is -0.333. The van der Waals surface area contributed by atoms with Crippen molar-refractivity contribution in [3.8, 4) is 0 Å². The monoisotopic (exact) mass is 570 g/mol. The molecular formula is C15H6Br2Cl6O. The maximum atomic E-state index is 13.1. The largest absolute Gasteiger partial charge is 0.289 e. The van der Waals surface area contributed by atoms with Crippen molar-refractivity contribution in [3.63, 3.8) is 0 Å². The summed E-state index contributed by atoms with van der Waals surface area (Å²) in [6, 6.07) is 2.95. The summed E-state index contributed by atoms with van der Waals surface area (Å²) in [6.07, 6.45) is 0. The second-order valence-corrected chi connectivity index (χ2v) is 8.07. The molecule has 0 saturated carbocycles. The van der Waals surface area contributed by atoms with Gasteiger partial charge in [-0.1, -0.05) is 101 Å². The molecule has 0 N–H and O–H groups in total. The number of alkyl halides is 2. The lowest BCUT2D eigenvalue weighted by atomic mass is 9.96. The Balaban J connectivity index is 2.75. The van der Waals surface area contributed by atoms with E-state index in [0.717, 1.165) is 0 Å². The summed E-state index contributed by atoms with van der Waals surface area (Å²) in [5, 5.41) is 1.83. The van der Waals surface area contributed by atoms with E-state index in [1.165, 1.54) is 12.1 Å². The number of hydrogen-bond donors (Lipinski definition) is 0. The Kier molecular flexibility index (Phi) is 7.62. The molecule has 0 aliphatic rings. The minimum absolute atomic E-state index is 0.182. The van der Waals surface area contributed by atoms with Crippen LogP contribution in [0.25, 0.3) is 0 Å². The van der Waals surface area contributed by atoms with Gasteiger partial charge < -0.3 is 0 Å². The Labute approximate surface area is 185 Å². The molecule has 0 unspecified atom stereocenters.